The van der Waals surface area contributed by atoms with Crippen LogP contribution in [0.4, 0.5) is 0 Å². The zero-order chi connectivity index (χ0) is 13.7. The van der Waals surface area contributed by atoms with Crippen LogP contribution in [0.2, 0.25) is 0 Å². The summed E-state index contributed by atoms with van der Waals surface area (Å²) in [7, 11) is 1.82. The molecule has 0 amide bonds. The SMILES string of the molecule is COC1(C)CCCN(CCNC(C)c2ccco2)C1. The van der Waals surface area contributed by atoms with Gasteiger partial charge in [-0.3, -0.25) is 4.90 Å². The Kier molecular flexibility index (Phi) is 5.02. The highest BCUT2D eigenvalue weighted by molar-refractivity contribution is 5.02. The summed E-state index contributed by atoms with van der Waals surface area (Å²) in [5.41, 5.74) is 0.0326. The van der Waals surface area contributed by atoms with Gasteiger partial charge in [-0.05, 0) is 45.4 Å². The first-order chi connectivity index (χ1) is 9.13. The number of ether oxygens (including phenoxy) is 1. The number of furan rings is 1. The molecule has 1 aromatic rings. The molecule has 0 saturated carbocycles. The summed E-state index contributed by atoms with van der Waals surface area (Å²) in [6.45, 7) is 8.58. The maximum Gasteiger partial charge on any atom is 0.120 e. The van der Waals surface area contributed by atoms with E-state index in [9.17, 15) is 0 Å². The summed E-state index contributed by atoms with van der Waals surface area (Å²) >= 11 is 0. The van der Waals surface area contributed by atoms with Crippen LogP contribution in [0.25, 0.3) is 0 Å². The summed E-state index contributed by atoms with van der Waals surface area (Å²) < 4.78 is 11.0. The summed E-state index contributed by atoms with van der Waals surface area (Å²) in [5, 5.41) is 3.50. The van der Waals surface area contributed by atoms with E-state index in [4.69, 9.17) is 9.15 Å². The molecule has 1 aliphatic rings. The maximum absolute atomic E-state index is 5.62. The highest BCUT2D eigenvalue weighted by Gasteiger charge is 2.30. The summed E-state index contributed by atoms with van der Waals surface area (Å²) in [4.78, 5) is 2.48. The number of nitrogens with one attached hydrogen (secondary N) is 1. The summed E-state index contributed by atoms with van der Waals surface area (Å²) in [6.07, 6.45) is 4.11. The molecule has 108 valence electrons. The van der Waals surface area contributed by atoms with Crippen molar-refractivity contribution < 1.29 is 9.15 Å². The summed E-state index contributed by atoms with van der Waals surface area (Å²) in [6, 6.07) is 4.22. The van der Waals surface area contributed by atoms with Gasteiger partial charge in [-0.15, -0.1) is 0 Å². The van der Waals surface area contributed by atoms with Crippen LogP contribution in [0.3, 0.4) is 0 Å². The molecular weight excluding hydrogens is 240 g/mol. The Morgan fingerprint density at radius 2 is 2.42 bits per heavy atom. The lowest BCUT2D eigenvalue weighted by Crippen LogP contribution is -2.49. The van der Waals surface area contributed by atoms with Crippen molar-refractivity contribution in [1.29, 1.82) is 0 Å². The van der Waals surface area contributed by atoms with Gasteiger partial charge in [0.15, 0.2) is 0 Å². The lowest BCUT2D eigenvalue weighted by atomic mass is 9.95. The van der Waals surface area contributed by atoms with E-state index in [0.29, 0.717) is 0 Å². The average Bonchev–Trinajstić information content (AvgIpc) is 2.93. The molecule has 0 spiro atoms. The van der Waals surface area contributed by atoms with Crippen LogP contribution < -0.4 is 5.32 Å². The van der Waals surface area contributed by atoms with Crippen LogP contribution in [-0.2, 0) is 4.74 Å². The van der Waals surface area contributed by atoms with Crippen LogP contribution in [0.5, 0.6) is 0 Å². The van der Waals surface area contributed by atoms with Gasteiger partial charge < -0.3 is 14.5 Å². The predicted molar refractivity (Wildman–Crippen MR) is 76.2 cm³/mol. The molecule has 2 unspecified atom stereocenters. The molecule has 4 nitrogen and oxygen atoms in total. The van der Waals surface area contributed by atoms with Crippen LogP contribution in [0.15, 0.2) is 22.8 Å². The Morgan fingerprint density at radius 3 is 3.11 bits per heavy atom. The summed E-state index contributed by atoms with van der Waals surface area (Å²) in [5.74, 6) is 1.00. The van der Waals surface area contributed by atoms with Crippen LogP contribution in [-0.4, -0.2) is 43.8 Å². The molecule has 4 heteroatoms. The molecule has 2 rings (SSSR count). The molecule has 0 aromatic carbocycles. The molecule has 19 heavy (non-hydrogen) atoms. The second-order valence-corrected chi connectivity index (χ2v) is 5.72. The van der Waals surface area contributed by atoms with Crippen LogP contribution in [0, 0.1) is 0 Å². The van der Waals surface area contributed by atoms with Gasteiger partial charge in [0.1, 0.15) is 5.76 Å². The second-order valence-electron chi connectivity index (χ2n) is 5.72. The van der Waals surface area contributed by atoms with E-state index in [0.717, 1.165) is 31.8 Å². The molecule has 1 aliphatic heterocycles. The fourth-order valence-electron chi connectivity index (χ4n) is 2.74. The van der Waals surface area contributed by atoms with Crippen LogP contribution in [0.1, 0.15) is 38.5 Å². The zero-order valence-electron chi connectivity index (χ0n) is 12.3. The number of likely N-dealkylation sites (tertiary alicyclic amines) is 1. The second kappa shape index (κ2) is 6.55. The van der Waals surface area contributed by atoms with E-state index in [1.807, 2.05) is 19.2 Å². The Labute approximate surface area is 116 Å². The highest BCUT2D eigenvalue weighted by atomic mass is 16.5. The normalized spacial score (nSPS) is 26.5. The van der Waals surface area contributed by atoms with Crippen molar-refractivity contribution >= 4 is 0 Å². The van der Waals surface area contributed by atoms with Crippen molar-refractivity contribution in [2.45, 2.75) is 38.3 Å². The van der Waals surface area contributed by atoms with Crippen molar-refractivity contribution in [3.05, 3.63) is 24.2 Å². The molecule has 1 fully saturated rings. The van der Waals surface area contributed by atoms with E-state index < -0.39 is 0 Å². The first-order valence-corrected chi connectivity index (χ1v) is 7.17. The third kappa shape index (κ3) is 4.06. The Bertz CT molecular complexity index is 366. The van der Waals surface area contributed by atoms with Crippen molar-refractivity contribution in [3.8, 4) is 0 Å². The van der Waals surface area contributed by atoms with Crippen molar-refractivity contribution in [1.82, 2.24) is 10.2 Å². The minimum Gasteiger partial charge on any atom is -0.468 e. The van der Waals surface area contributed by atoms with E-state index in [1.54, 1.807) is 6.26 Å². The topological polar surface area (TPSA) is 37.6 Å². The molecule has 2 atom stereocenters. The first kappa shape index (κ1) is 14.6. The Balaban J connectivity index is 1.71. The standard InChI is InChI=1S/C15H26N2O2/c1-13(14-6-4-11-19-14)16-8-10-17-9-5-7-15(2,12-17)18-3/h4,6,11,13,16H,5,7-10,12H2,1-3H3. The predicted octanol–water partition coefficient (Wildman–Crippen LogP) is 2.43. The van der Waals surface area contributed by atoms with E-state index in [2.05, 4.69) is 24.1 Å². The minimum atomic E-state index is 0.0326. The number of hydrogen-bond donors (Lipinski definition) is 1. The quantitative estimate of drug-likeness (QED) is 0.858. The Morgan fingerprint density at radius 1 is 1.58 bits per heavy atom. The fraction of sp³-hybridized carbons (Fsp3) is 0.733. The van der Waals surface area contributed by atoms with Crippen molar-refractivity contribution in [2.75, 3.05) is 33.3 Å². The van der Waals surface area contributed by atoms with Gasteiger partial charge in [0.05, 0.1) is 17.9 Å². The number of rotatable bonds is 6. The van der Waals surface area contributed by atoms with Gasteiger partial charge in [0, 0.05) is 26.7 Å². The Hall–Kier alpha value is -0.840. The average molecular weight is 266 g/mol. The number of hydrogen-bond acceptors (Lipinski definition) is 4. The van der Waals surface area contributed by atoms with Gasteiger partial charge >= 0.3 is 0 Å². The van der Waals surface area contributed by atoms with Gasteiger partial charge in [-0.2, -0.15) is 0 Å². The molecule has 2 heterocycles. The van der Waals surface area contributed by atoms with Gasteiger partial charge in [-0.1, -0.05) is 0 Å². The van der Waals surface area contributed by atoms with Crippen molar-refractivity contribution in [2.24, 2.45) is 0 Å². The minimum absolute atomic E-state index is 0.0326. The molecule has 1 N–H and O–H groups in total. The lowest BCUT2D eigenvalue weighted by molar-refractivity contribution is -0.0503. The molecular formula is C15H26N2O2. The highest BCUT2D eigenvalue weighted by Crippen LogP contribution is 2.23. The monoisotopic (exact) mass is 266 g/mol. The lowest BCUT2D eigenvalue weighted by Gasteiger charge is -2.39. The molecule has 1 aromatic heterocycles. The molecule has 0 bridgehead atoms. The number of nitrogens with zero attached hydrogens (tertiary/aromatic N) is 1. The molecule has 0 radical (unpaired) electrons. The number of piperidine rings is 1. The van der Waals surface area contributed by atoms with Crippen LogP contribution >= 0.6 is 0 Å². The van der Waals surface area contributed by atoms with Gasteiger partial charge in [0.2, 0.25) is 0 Å². The van der Waals surface area contributed by atoms with E-state index in [-0.39, 0.29) is 11.6 Å². The smallest absolute Gasteiger partial charge is 0.120 e. The fourth-order valence-corrected chi connectivity index (χ4v) is 2.74. The number of methoxy groups -OCH3 is 1. The maximum atomic E-state index is 5.62. The third-order valence-electron chi connectivity index (χ3n) is 4.08. The van der Waals surface area contributed by atoms with Gasteiger partial charge in [0.25, 0.3) is 0 Å². The van der Waals surface area contributed by atoms with Gasteiger partial charge in [-0.25, -0.2) is 0 Å². The zero-order valence-corrected chi connectivity index (χ0v) is 12.3. The largest absolute Gasteiger partial charge is 0.468 e. The van der Waals surface area contributed by atoms with E-state index >= 15 is 0 Å². The van der Waals surface area contributed by atoms with Crippen molar-refractivity contribution in [3.63, 3.8) is 0 Å². The third-order valence-corrected chi connectivity index (χ3v) is 4.08. The molecule has 0 aliphatic carbocycles. The first-order valence-electron chi connectivity index (χ1n) is 7.17. The molecule has 1 saturated heterocycles. The van der Waals surface area contributed by atoms with E-state index in [1.165, 1.54) is 13.0 Å².